The zero-order valence-electron chi connectivity index (χ0n) is 91.2. The molecule has 0 spiro atoms. The van der Waals surface area contributed by atoms with E-state index in [0.717, 1.165) is 295 Å². The number of amides is 2. The van der Waals surface area contributed by atoms with E-state index in [2.05, 4.69) is 71.3 Å². The van der Waals surface area contributed by atoms with Crippen LogP contribution in [0.2, 0.25) is 0 Å². The summed E-state index contributed by atoms with van der Waals surface area (Å²) in [4.78, 5) is 145. The van der Waals surface area contributed by atoms with Crippen molar-refractivity contribution in [1.29, 1.82) is 0 Å². The van der Waals surface area contributed by atoms with Crippen LogP contribution in [-0.2, 0) is 89.6 Å². The normalized spacial score (nSPS) is 19.2. The number of phosphoric ester groups is 2. The lowest BCUT2D eigenvalue weighted by atomic mass is 9.95. The number of carbonyl (C=O) groups is 7. The van der Waals surface area contributed by atoms with Crippen LogP contribution >= 0.6 is 15.6 Å². The van der Waals surface area contributed by atoms with E-state index in [1.807, 2.05) is 0 Å². The number of unbranched alkanes of at least 4 members (excludes halogenated alkanes) is 62. The Morgan fingerprint density at radius 2 is 0.573 bits per heavy atom. The standard InChI is InChI=1S/C113H212N2O26P2/c1-8-15-22-29-36-43-46-48-50-57-64-70-77-84-101(120)133-94(81-74-67-60-53-40-33-26-19-12-5)88-99(118)114-106-110(138-104(123)87-93(117)80-73-66-59-52-39-32-25-18-11-4)108(125)98(137-113(106)141-143(129,130)131)92-132-112-107(115-100(119)89-95(82-75-68-61-54-41-34-27-20-13-6)134-102(121)85-78-71-65-58-51-49-47-44-37-30-23-16-9-2)111(109(97(91-116)136-112)140-142(126,127)128)139-105(124)90-96(83-76-69-62-55-42-35-28-21-14-7)135-103(122)86-79-72-63-56-45-38-31-24-17-10-3/h44,47,93-98,106-113,116-117,125H,8-43,45-46,48-92H2,1-7H3,(H,114,118)(H,115,119)(H2,126,127,128)(H2,129,130,131)/b47-44-/t93?,94?,95?,96?,97?,98?,106?,107?,108-,109-,110-,111-,112-,113+/m1/s1. The number of carbonyl (C=O) groups excluding carboxylic acids is 7. The Bertz CT molecular complexity index is 3200. The van der Waals surface area contributed by atoms with Crippen molar-refractivity contribution in [1.82, 2.24) is 10.6 Å². The van der Waals surface area contributed by atoms with Crippen molar-refractivity contribution >= 4 is 57.3 Å². The third-order valence-corrected chi connectivity index (χ3v) is 29.0. The summed E-state index contributed by atoms with van der Waals surface area (Å²) in [6.07, 6.45) is 53.2. The van der Waals surface area contributed by atoms with Crippen LogP contribution in [0.4, 0.5) is 0 Å². The Balaban J connectivity index is 2.94. The Morgan fingerprint density at radius 1 is 0.308 bits per heavy atom. The number of hydrogen-bond acceptors (Lipinski definition) is 22. The number of rotatable bonds is 101. The minimum Gasteiger partial charge on any atom is -0.462 e. The van der Waals surface area contributed by atoms with Gasteiger partial charge in [0.1, 0.15) is 54.8 Å². The summed E-state index contributed by atoms with van der Waals surface area (Å²) in [5.74, 6) is -5.56. The molecule has 840 valence electrons. The number of aliphatic hydroxyl groups is 3. The van der Waals surface area contributed by atoms with Gasteiger partial charge >= 0.3 is 45.5 Å². The van der Waals surface area contributed by atoms with Crippen molar-refractivity contribution in [3.05, 3.63) is 12.2 Å². The van der Waals surface area contributed by atoms with Gasteiger partial charge in [0.2, 0.25) is 11.8 Å². The van der Waals surface area contributed by atoms with Gasteiger partial charge in [0, 0.05) is 19.3 Å². The van der Waals surface area contributed by atoms with Crippen molar-refractivity contribution < 1.29 is 125 Å². The van der Waals surface area contributed by atoms with Crippen LogP contribution in [0.1, 0.15) is 569 Å². The molecule has 0 aromatic rings. The largest absolute Gasteiger partial charge is 0.472 e. The van der Waals surface area contributed by atoms with Gasteiger partial charge in [-0.25, -0.2) is 9.13 Å². The zero-order chi connectivity index (χ0) is 105. The number of ether oxygens (including phenoxy) is 8. The number of phosphoric acid groups is 2. The van der Waals surface area contributed by atoms with Gasteiger partial charge in [-0.05, 0) is 89.9 Å². The number of esters is 5. The lowest BCUT2D eigenvalue weighted by Crippen LogP contribution is -2.68. The lowest BCUT2D eigenvalue weighted by Gasteiger charge is -2.47. The minimum atomic E-state index is -5.75. The fraction of sp³-hybridized carbons (Fsp3) is 0.920. The predicted octanol–water partition coefficient (Wildman–Crippen LogP) is 27.6. The molecular weight excluding hydrogens is 1860 g/mol. The number of nitrogens with one attached hydrogen (secondary N) is 2. The molecule has 8 unspecified atom stereocenters. The first-order valence-electron chi connectivity index (χ1n) is 58.8. The number of allylic oxidation sites excluding steroid dienone is 2. The highest BCUT2D eigenvalue weighted by Crippen LogP contribution is 2.45. The van der Waals surface area contributed by atoms with Crippen LogP contribution < -0.4 is 10.6 Å². The topological polar surface area (TPSA) is 412 Å². The van der Waals surface area contributed by atoms with E-state index < -0.39 is 182 Å². The molecule has 9 N–H and O–H groups in total. The second-order valence-corrected chi connectivity index (χ2v) is 44.1. The van der Waals surface area contributed by atoms with Crippen molar-refractivity contribution in [2.75, 3.05) is 13.2 Å². The first-order chi connectivity index (χ1) is 69.2. The van der Waals surface area contributed by atoms with Crippen LogP contribution in [0.3, 0.4) is 0 Å². The first kappa shape index (κ1) is 135. The van der Waals surface area contributed by atoms with Gasteiger partial charge in [0.15, 0.2) is 24.8 Å². The molecule has 0 aromatic heterocycles. The maximum atomic E-state index is 15.4. The summed E-state index contributed by atoms with van der Waals surface area (Å²) in [5, 5.41) is 41.2. The SMILES string of the molecule is CCCCCC/C=C\CCCCCCCC(=O)OC(CCCCCCCCCCC)CC(=O)NC1[C@H](OCC2O[C@@H](OP(=O)(O)O)C(NC(=O)CC(CCCCCCCCCCC)OC(=O)CCCCCCCCCCCCCCC)[C@@H](OC(=O)CC(O)CCCCCCCCCCC)[C@@H]2O)OC(CO)[C@@H](OP(=O)(O)O)[C@@H]1OC(=O)CC(CCCCCCCCCCC)OC(=O)CCCCCCCCCCCC. The second-order valence-electron chi connectivity index (χ2n) is 41.7. The molecule has 30 heteroatoms. The highest BCUT2D eigenvalue weighted by atomic mass is 31.2. The molecular formula is C113H212N2O26P2. The van der Waals surface area contributed by atoms with E-state index in [9.17, 15) is 68.0 Å². The minimum absolute atomic E-state index is 0.0664. The van der Waals surface area contributed by atoms with E-state index in [1.54, 1.807) is 0 Å². The molecule has 2 fully saturated rings. The van der Waals surface area contributed by atoms with Gasteiger partial charge in [-0.3, -0.25) is 42.6 Å². The molecule has 143 heavy (non-hydrogen) atoms. The maximum Gasteiger partial charge on any atom is 0.472 e. The van der Waals surface area contributed by atoms with Crippen LogP contribution in [0.15, 0.2) is 12.2 Å². The summed E-state index contributed by atoms with van der Waals surface area (Å²) in [6, 6.07) is -3.93. The lowest BCUT2D eigenvalue weighted by molar-refractivity contribution is -0.297. The predicted molar refractivity (Wildman–Crippen MR) is 569 cm³/mol. The molecule has 14 atom stereocenters. The van der Waals surface area contributed by atoms with E-state index in [-0.39, 0.29) is 44.9 Å². The van der Waals surface area contributed by atoms with Gasteiger partial charge in [-0.2, -0.15) is 0 Å². The maximum absolute atomic E-state index is 15.4. The van der Waals surface area contributed by atoms with Crippen LogP contribution in [0, 0.1) is 0 Å². The molecule has 0 aliphatic carbocycles. The monoisotopic (exact) mass is 2080 g/mol. The molecule has 28 nitrogen and oxygen atoms in total. The molecule has 0 bridgehead atoms. The summed E-state index contributed by atoms with van der Waals surface area (Å²) in [5.41, 5.74) is 0. The average molecular weight is 2080 g/mol. The van der Waals surface area contributed by atoms with Crippen LogP contribution in [-0.4, -0.2) is 175 Å². The van der Waals surface area contributed by atoms with E-state index in [1.165, 1.54) is 109 Å². The second kappa shape index (κ2) is 91.8. The molecule has 2 heterocycles. The van der Waals surface area contributed by atoms with Crippen molar-refractivity contribution in [3.8, 4) is 0 Å². The average Bonchev–Trinajstić information content (AvgIpc) is 0.774. The van der Waals surface area contributed by atoms with Gasteiger partial charge in [-0.15, -0.1) is 0 Å². The zero-order valence-corrected chi connectivity index (χ0v) is 93.0. The van der Waals surface area contributed by atoms with Crippen LogP contribution in [0.5, 0.6) is 0 Å². The van der Waals surface area contributed by atoms with E-state index >= 15 is 9.59 Å². The Kier molecular flexibility index (Phi) is 86.7. The summed E-state index contributed by atoms with van der Waals surface area (Å²) in [6.45, 7) is 13.1. The summed E-state index contributed by atoms with van der Waals surface area (Å²) in [7, 11) is -11.5. The quantitative estimate of drug-likeness (QED) is 0.00898. The van der Waals surface area contributed by atoms with Crippen LogP contribution in [0.25, 0.3) is 0 Å². The molecule has 0 aromatic carbocycles. The van der Waals surface area contributed by atoms with Gasteiger partial charge in [0.25, 0.3) is 0 Å². The van der Waals surface area contributed by atoms with Gasteiger partial charge in [-0.1, -0.05) is 446 Å². The third-order valence-electron chi connectivity index (χ3n) is 28.0. The highest BCUT2D eigenvalue weighted by molar-refractivity contribution is 7.46. The fourth-order valence-corrected chi connectivity index (χ4v) is 20.5. The Labute approximate surface area is 867 Å². The molecule has 0 saturated carbocycles. The molecule has 2 aliphatic rings. The number of aliphatic hydroxyl groups excluding tert-OH is 3. The molecule has 0 radical (unpaired) electrons. The van der Waals surface area contributed by atoms with Gasteiger partial charge in [0.05, 0.1) is 45.0 Å². The molecule has 2 aliphatic heterocycles. The van der Waals surface area contributed by atoms with Crippen molar-refractivity contribution in [2.24, 2.45) is 0 Å². The number of hydrogen-bond donors (Lipinski definition) is 9. The van der Waals surface area contributed by atoms with Gasteiger partial charge < -0.3 is 83.4 Å². The molecule has 2 rings (SSSR count). The van der Waals surface area contributed by atoms with E-state index in [4.69, 9.17) is 46.9 Å². The third kappa shape index (κ3) is 76.2. The highest BCUT2D eigenvalue weighted by Gasteiger charge is 2.55. The smallest absolute Gasteiger partial charge is 0.462 e. The summed E-state index contributed by atoms with van der Waals surface area (Å²) < 4.78 is 87.7. The summed E-state index contributed by atoms with van der Waals surface area (Å²) >= 11 is 0. The van der Waals surface area contributed by atoms with Crippen molar-refractivity contribution in [3.63, 3.8) is 0 Å². The van der Waals surface area contributed by atoms with Crippen molar-refractivity contribution in [2.45, 2.75) is 654 Å². The fourth-order valence-electron chi connectivity index (χ4n) is 19.4. The molecule has 2 amide bonds. The Hall–Kier alpha value is -3.99. The molecule has 2 saturated heterocycles. The van der Waals surface area contributed by atoms with E-state index in [0.29, 0.717) is 44.9 Å². The first-order valence-corrected chi connectivity index (χ1v) is 61.9. The Morgan fingerprint density at radius 3 is 0.895 bits per heavy atom.